The van der Waals surface area contributed by atoms with Crippen LogP contribution in [-0.4, -0.2) is 59.0 Å². The molecular formula is C34H32N2O8. The summed E-state index contributed by atoms with van der Waals surface area (Å²) >= 11 is 0. The average molecular weight is 597 g/mol. The first-order valence-electron chi connectivity index (χ1n) is 14.5. The second-order valence-electron chi connectivity index (χ2n) is 11.1. The first-order valence-corrected chi connectivity index (χ1v) is 14.5. The number of nitrogens with zero attached hydrogens (tertiary/aromatic N) is 2. The number of ether oxygens (including phenoxy) is 3. The van der Waals surface area contributed by atoms with Gasteiger partial charge in [0, 0.05) is 46.1 Å². The Hall–Kier alpha value is -5.09. The molecule has 0 unspecified atom stereocenters. The third-order valence-corrected chi connectivity index (χ3v) is 8.73. The molecule has 44 heavy (non-hydrogen) atoms. The van der Waals surface area contributed by atoms with Crippen LogP contribution < -0.4 is 19.8 Å². The number of fused-ring (bicyclic) bond motifs is 7. The van der Waals surface area contributed by atoms with Crippen LogP contribution in [0.1, 0.15) is 24.8 Å². The lowest BCUT2D eigenvalue weighted by Gasteiger charge is -2.27. The molecule has 0 spiro atoms. The summed E-state index contributed by atoms with van der Waals surface area (Å²) in [6.07, 6.45) is 5.21. The van der Waals surface area contributed by atoms with Gasteiger partial charge in [-0.25, -0.2) is 4.79 Å². The molecular weight excluding hydrogens is 564 g/mol. The van der Waals surface area contributed by atoms with Gasteiger partial charge in [0.15, 0.2) is 34.5 Å². The molecule has 3 N–H and O–H groups in total. The van der Waals surface area contributed by atoms with Crippen LogP contribution in [0, 0.1) is 0 Å². The Balaban J connectivity index is 1.69. The van der Waals surface area contributed by atoms with E-state index in [1.54, 1.807) is 34.7 Å². The molecule has 0 aliphatic carbocycles. The molecule has 0 bridgehead atoms. The van der Waals surface area contributed by atoms with Crippen molar-refractivity contribution in [3.63, 3.8) is 0 Å². The summed E-state index contributed by atoms with van der Waals surface area (Å²) < 4.78 is 24.1. The SMILES string of the molecule is COc1cc(-c2c3c4cc(OC)c(O)cc4oc(=O)c3n3ccc4c(CN5CCCCC5)c(O)c(OC)cc4c23)ccc1O. The van der Waals surface area contributed by atoms with Crippen molar-refractivity contribution in [1.29, 1.82) is 0 Å². The van der Waals surface area contributed by atoms with Crippen molar-refractivity contribution in [1.82, 2.24) is 9.30 Å². The fraction of sp³-hybridized carbons (Fsp3) is 0.265. The Kier molecular flexibility index (Phi) is 6.66. The lowest BCUT2D eigenvalue weighted by Crippen LogP contribution is -2.29. The highest BCUT2D eigenvalue weighted by atomic mass is 16.5. The third-order valence-electron chi connectivity index (χ3n) is 8.73. The molecule has 6 aromatic rings. The van der Waals surface area contributed by atoms with Gasteiger partial charge < -0.3 is 38.3 Å². The molecule has 3 aromatic heterocycles. The molecule has 4 heterocycles. The van der Waals surface area contributed by atoms with Crippen molar-refractivity contribution < 1.29 is 33.9 Å². The Morgan fingerprint density at radius 2 is 1.48 bits per heavy atom. The average Bonchev–Trinajstić information content (AvgIpc) is 3.39. The standard InChI is InChI=1S/C34H32N2O8/c1-41-26-13-18(7-8-23(26)37)29-30-21-15-27(42-2)24(38)16-25(21)44-34(40)32(30)36-12-9-19-20(31(29)36)14-28(43-3)33(39)22(19)17-35-10-5-4-6-11-35/h7-9,12-16,37-39H,4-6,10-11,17H2,1-3H3. The van der Waals surface area contributed by atoms with Gasteiger partial charge in [0.2, 0.25) is 0 Å². The summed E-state index contributed by atoms with van der Waals surface area (Å²) in [5, 5.41) is 35.0. The van der Waals surface area contributed by atoms with E-state index in [0.29, 0.717) is 39.7 Å². The Morgan fingerprint density at radius 1 is 0.773 bits per heavy atom. The first kappa shape index (κ1) is 27.7. The van der Waals surface area contributed by atoms with E-state index >= 15 is 0 Å². The lowest BCUT2D eigenvalue weighted by atomic mass is 9.96. The van der Waals surface area contributed by atoms with E-state index in [-0.39, 0.29) is 39.8 Å². The number of rotatable bonds is 6. The van der Waals surface area contributed by atoms with Crippen LogP contribution in [0.3, 0.4) is 0 Å². The smallest absolute Gasteiger partial charge is 0.361 e. The summed E-state index contributed by atoms with van der Waals surface area (Å²) in [6.45, 7) is 2.42. The number of pyridine rings is 1. The van der Waals surface area contributed by atoms with Crippen molar-refractivity contribution in [3.8, 4) is 45.6 Å². The maximum atomic E-state index is 13.7. The van der Waals surface area contributed by atoms with Crippen molar-refractivity contribution in [2.24, 2.45) is 0 Å². The lowest BCUT2D eigenvalue weighted by molar-refractivity contribution is 0.218. The molecule has 3 aromatic carbocycles. The molecule has 7 rings (SSSR count). The highest BCUT2D eigenvalue weighted by Crippen LogP contribution is 2.47. The van der Waals surface area contributed by atoms with Crippen LogP contribution in [0.4, 0.5) is 0 Å². The van der Waals surface area contributed by atoms with Gasteiger partial charge in [0.25, 0.3) is 0 Å². The minimum Gasteiger partial charge on any atom is -0.504 e. The number of aromatic hydroxyl groups is 3. The number of likely N-dealkylation sites (tertiary alicyclic amines) is 1. The number of piperidine rings is 1. The van der Waals surface area contributed by atoms with Crippen LogP contribution in [0.25, 0.3) is 49.3 Å². The van der Waals surface area contributed by atoms with E-state index in [1.165, 1.54) is 33.8 Å². The van der Waals surface area contributed by atoms with Crippen molar-refractivity contribution in [2.75, 3.05) is 34.4 Å². The molecule has 0 amide bonds. The van der Waals surface area contributed by atoms with Crippen LogP contribution in [0.2, 0.25) is 0 Å². The highest BCUT2D eigenvalue weighted by Gasteiger charge is 2.26. The summed E-state index contributed by atoms with van der Waals surface area (Å²) in [4.78, 5) is 16.0. The van der Waals surface area contributed by atoms with Gasteiger partial charge in [0.1, 0.15) is 11.1 Å². The fourth-order valence-corrected chi connectivity index (χ4v) is 6.63. The quantitative estimate of drug-likeness (QED) is 0.194. The third kappa shape index (κ3) is 4.16. The fourth-order valence-electron chi connectivity index (χ4n) is 6.63. The Bertz CT molecular complexity index is 2160. The predicted octanol–water partition coefficient (Wildman–Crippen LogP) is 6.15. The number of hydrogen-bond donors (Lipinski definition) is 3. The molecule has 0 atom stereocenters. The largest absolute Gasteiger partial charge is 0.504 e. The van der Waals surface area contributed by atoms with Crippen LogP contribution >= 0.6 is 0 Å². The van der Waals surface area contributed by atoms with Gasteiger partial charge >= 0.3 is 5.63 Å². The van der Waals surface area contributed by atoms with Gasteiger partial charge in [-0.15, -0.1) is 0 Å². The van der Waals surface area contributed by atoms with E-state index in [9.17, 15) is 20.1 Å². The number of hydrogen-bond acceptors (Lipinski definition) is 9. The van der Waals surface area contributed by atoms with Gasteiger partial charge in [-0.1, -0.05) is 12.5 Å². The zero-order valence-electron chi connectivity index (χ0n) is 24.6. The summed E-state index contributed by atoms with van der Waals surface area (Å²) in [5.74, 6) is 0.702. The number of phenols is 3. The molecule has 226 valence electrons. The van der Waals surface area contributed by atoms with Gasteiger partial charge in [0.05, 0.1) is 26.8 Å². The first-order chi connectivity index (χ1) is 21.3. The summed E-state index contributed by atoms with van der Waals surface area (Å²) in [6, 6.07) is 11.7. The van der Waals surface area contributed by atoms with Gasteiger partial charge in [-0.05, 0) is 67.2 Å². The van der Waals surface area contributed by atoms with E-state index < -0.39 is 5.63 Å². The monoisotopic (exact) mass is 596 g/mol. The number of aromatic nitrogens is 1. The van der Waals surface area contributed by atoms with E-state index in [2.05, 4.69) is 4.90 Å². The van der Waals surface area contributed by atoms with E-state index in [0.717, 1.165) is 42.3 Å². The van der Waals surface area contributed by atoms with Crippen LogP contribution in [0.5, 0.6) is 34.5 Å². The molecule has 1 aliphatic heterocycles. The minimum absolute atomic E-state index is 0.0275. The molecule has 1 fully saturated rings. The van der Waals surface area contributed by atoms with E-state index in [1.807, 2.05) is 12.3 Å². The van der Waals surface area contributed by atoms with Crippen molar-refractivity contribution in [3.05, 3.63) is 64.6 Å². The van der Waals surface area contributed by atoms with Crippen LogP contribution in [-0.2, 0) is 6.54 Å². The highest BCUT2D eigenvalue weighted by molar-refractivity contribution is 6.22. The van der Waals surface area contributed by atoms with E-state index in [4.69, 9.17) is 18.6 Å². The molecule has 1 saturated heterocycles. The molecule has 0 saturated carbocycles. The Labute approximate surface area is 251 Å². The summed E-state index contributed by atoms with van der Waals surface area (Å²) in [7, 11) is 4.45. The van der Waals surface area contributed by atoms with Gasteiger partial charge in [-0.3, -0.25) is 4.90 Å². The van der Waals surface area contributed by atoms with Gasteiger partial charge in [-0.2, -0.15) is 0 Å². The maximum absolute atomic E-state index is 13.7. The predicted molar refractivity (Wildman–Crippen MR) is 168 cm³/mol. The Morgan fingerprint density at radius 3 is 2.20 bits per heavy atom. The topological polar surface area (TPSA) is 126 Å². The second-order valence-corrected chi connectivity index (χ2v) is 11.1. The second kappa shape index (κ2) is 10.6. The minimum atomic E-state index is -0.595. The maximum Gasteiger partial charge on any atom is 0.361 e. The summed E-state index contributed by atoms with van der Waals surface area (Å²) in [5.41, 5.74) is 2.64. The number of phenolic OH excluding ortho intramolecular Hbond substituents is 3. The molecule has 1 aliphatic rings. The molecule has 10 heteroatoms. The normalized spacial score (nSPS) is 14.2. The van der Waals surface area contributed by atoms with Crippen molar-refractivity contribution in [2.45, 2.75) is 25.8 Å². The molecule has 10 nitrogen and oxygen atoms in total. The zero-order valence-corrected chi connectivity index (χ0v) is 24.6. The number of benzene rings is 3. The molecule has 0 radical (unpaired) electrons. The van der Waals surface area contributed by atoms with Crippen LogP contribution in [0.15, 0.2) is 57.9 Å². The van der Waals surface area contributed by atoms with Crippen molar-refractivity contribution >= 4 is 38.2 Å². The number of methoxy groups -OCH3 is 3. The zero-order chi connectivity index (χ0) is 30.7.